The van der Waals surface area contributed by atoms with E-state index in [0.717, 1.165) is 19.4 Å². The van der Waals surface area contributed by atoms with E-state index in [2.05, 4.69) is 39.2 Å². The summed E-state index contributed by atoms with van der Waals surface area (Å²) in [4.78, 5) is 13.7. The Morgan fingerprint density at radius 2 is 1.71 bits per heavy atom. The van der Waals surface area contributed by atoms with E-state index >= 15 is 0 Å². The lowest BCUT2D eigenvalue weighted by Gasteiger charge is -2.33. The van der Waals surface area contributed by atoms with Crippen LogP contribution < -0.4 is 0 Å². The molecule has 0 bridgehead atoms. The maximum Gasteiger partial charge on any atom is 0.333 e. The smallest absolute Gasteiger partial charge is 0.333 e. The Labute approximate surface area is 106 Å². The zero-order valence-corrected chi connectivity index (χ0v) is 12.0. The van der Waals surface area contributed by atoms with Crippen molar-refractivity contribution in [3.05, 3.63) is 12.2 Å². The van der Waals surface area contributed by atoms with Gasteiger partial charge >= 0.3 is 5.97 Å². The van der Waals surface area contributed by atoms with E-state index in [1.807, 2.05) is 0 Å². The highest BCUT2D eigenvalue weighted by molar-refractivity contribution is 5.86. The fourth-order valence-electron chi connectivity index (χ4n) is 1.71. The van der Waals surface area contributed by atoms with Crippen LogP contribution in [-0.2, 0) is 9.53 Å². The van der Waals surface area contributed by atoms with Crippen molar-refractivity contribution in [2.75, 3.05) is 13.2 Å². The molecular weight excluding hydrogens is 214 g/mol. The molecule has 0 aromatic rings. The van der Waals surface area contributed by atoms with Gasteiger partial charge in [0.05, 0.1) is 0 Å². The lowest BCUT2D eigenvalue weighted by molar-refractivity contribution is -0.139. The lowest BCUT2D eigenvalue weighted by Crippen LogP contribution is -2.42. The number of nitrogens with zero attached hydrogens (tertiary/aromatic N) is 1. The molecule has 0 radical (unpaired) electrons. The second kappa shape index (κ2) is 8.29. The number of esters is 1. The molecule has 2 unspecified atom stereocenters. The van der Waals surface area contributed by atoms with Crippen LogP contribution in [0.2, 0.25) is 0 Å². The summed E-state index contributed by atoms with van der Waals surface area (Å²) in [6.07, 6.45) is 2.22. The van der Waals surface area contributed by atoms with E-state index in [0.29, 0.717) is 24.3 Å². The van der Waals surface area contributed by atoms with Gasteiger partial charge in [0.2, 0.25) is 0 Å². The quantitative estimate of drug-likeness (QED) is 0.483. The number of hydrogen-bond donors (Lipinski definition) is 0. The first-order valence-corrected chi connectivity index (χ1v) is 6.52. The van der Waals surface area contributed by atoms with E-state index in [1.165, 1.54) is 0 Å². The standard InChI is InChI=1S/C14H27NO2/c1-7-12(5)15(13(6)8-2)9-10-17-14(16)11(3)4/h12-13H,3,7-10H2,1-2,4-6H3. The van der Waals surface area contributed by atoms with Gasteiger partial charge in [-0.2, -0.15) is 0 Å². The van der Waals surface area contributed by atoms with Crippen molar-refractivity contribution < 1.29 is 9.53 Å². The van der Waals surface area contributed by atoms with Gasteiger partial charge in [-0.3, -0.25) is 4.90 Å². The molecule has 3 nitrogen and oxygen atoms in total. The Morgan fingerprint density at radius 3 is 2.06 bits per heavy atom. The second-order valence-corrected chi connectivity index (χ2v) is 4.67. The van der Waals surface area contributed by atoms with Gasteiger partial charge in [-0.05, 0) is 33.6 Å². The van der Waals surface area contributed by atoms with Crippen LogP contribution in [0.4, 0.5) is 0 Å². The highest BCUT2D eigenvalue weighted by Gasteiger charge is 2.17. The molecule has 0 aromatic carbocycles. The third-order valence-corrected chi connectivity index (χ3v) is 3.25. The largest absolute Gasteiger partial charge is 0.461 e. The Morgan fingerprint density at radius 1 is 1.24 bits per heavy atom. The zero-order chi connectivity index (χ0) is 13.4. The number of carbonyl (C=O) groups excluding carboxylic acids is 1. The van der Waals surface area contributed by atoms with Crippen LogP contribution in [0.1, 0.15) is 47.5 Å². The second-order valence-electron chi connectivity index (χ2n) is 4.67. The number of hydrogen-bond acceptors (Lipinski definition) is 3. The first kappa shape index (κ1) is 16.2. The molecule has 0 rings (SSSR count). The van der Waals surface area contributed by atoms with Crippen LogP contribution in [-0.4, -0.2) is 36.1 Å². The Bertz CT molecular complexity index is 241. The molecule has 3 heteroatoms. The van der Waals surface area contributed by atoms with Gasteiger partial charge in [-0.1, -0.05) is 20.4 Å². The van der Waals surface area contributed by atoms with Crippen molar-refractivity contribution in [2.24, 2.45) is 0 Å². The minimum absolute atomic E-state index is 0.293. The lowest BCUT2D eigenvalue weighted by atomic mass is 10.1. The van der Waals surface area contributed by atoms with Gasteiger partial charge in [0, 0.05) is 24.2 Å². The summed E-state index contributed by atoms with van der Waals surface area (Å²) in [5.74, 6) is -0.293. The molecule has 0 aliphatic heterocycles. The van der Waals surface area contributed by atoms with Gasteiger partial charge < -0.3 is 4.74 Å². The SMILES string of the molecule is C=C(C)C(=O)OCCN(C(C)CC)C(C)CC. The zero-order valence-electron chi connectivity index (χ0n) is 12.0. The van der Waals surface area contributed by atoms with Crippen molar-refractivity contribution in [3.63, 3.8) is 0 Å². The van der Waals surface area contributed by atoms with Crippen LogP contribution in [0, 0.1) is 0 Å². The highest BCUT2D eigenvalue weighted by Crippen LogP contribution is 2.11. The number of carbonyl (C=O) groups is 1. The van der Waals surface area contributed by atoms with Gasteiger partial charge in [0.1, 0.15) is 6.61 Å². The Balaban J connectivity index is 4.17. The summed E-state index contributed by atoms with van der Waals surface area (Å²) < 4.78 is 5.14. The summed E-state index contributed by atoms with van der Waals surface area (Å²) in [6.45, 7) is 15.3. The highest BCUT2D eigenvalue weighted by atomic mass is 16.5. The van der Waals surface area contributed by atoms with E-state index in [1.54, 1.807) is 6.92 Å². The van der Waals surface area contributed by atoms with Crippen LogP contribution in [0.3, 0.4) is 0 Å². The average Bonchev–Trinajstić information content (AvgIpc) is 2.32. The van der Waals surface area contributed by atoms with E-state index in [9.17, 15) is 4.79 Å². The monoisotopic (exact) mass is 241 g/mol. The molecule has 0 fully saturated rings. The van der Waals surface area contributed by atoms with Crippen molar-refractivity contribution >= 4 is 5.97 Å². The van der Waals surface area contributed by atoms with Crippen molar-refractivity contribution in [1.29, 1.82) is 0 Å². The third-order valence-electron chi connectivity index (χ3n) is 3.25. The van der Waals surface area contributed by atoms with Crippen molar-refractivity contribution in [3.8, 4) is 0 Å². The molecule has 0 aliphatic rings. The molecule has 0 aromatic heterocycles. The first-order valence-electron chi connectivity index (χ1n) is 6.52. The van der Waals surface area contributed by atoms with Crippen molar-refractivity contribution in [2.45, 2.75) is 59.5 Å². The van der Waals surface area contributed by atoms with Crippen LogP contribution >= 0.6 is 0 Å². The van der Waals surface area contributed by atoms with Crippen LogP contribution in [0.25, 0.3) is 0 Å². The fourth-order valence-corrected chi connectivity index (χ4v) is 1.71. The van der Waals surface area contributed by atoms with E-state index in [-0.39, 0.29) is 5.97 Å². The molecule has 0 amide bonds. The third kappa shape index (κ3) is 5.87. The fraction of sp³-hybridized carbons (Fsp3) is 0.786. The molecular formula is C14H27NO2. The van der Waals surface area contributed by atoms with Crippen LogP contribution in [0.15, 0.2) is 12.2 Å². The molecule has 2 atom stereocenters. The summed E-state index contributed by atoms with van der Waals surface area (Å²) in [7, 11) is 0. The number of ether oxygens (including phenoxy) is 1. The molecule has 100 valence electrons. The van der Waals surface area contributed by atoms with Gasteiger partial charge in [-0.25, -0.2) is 4.79 Å². The minimum Gasteiger partial charge on any atom is -0.461 e. The minimum atomic E-state index is -0.293. The maximum atomic E-state index is 11.3. The van der Waals surface area contributed by atoms with E-state index in [4.69, 9.17) is 4.74 Å². The maximum absolute atomic E-state index is 11.3. The molecule has 0 saturated carbocycles. The first-order chi connectivity index (χ1) is 7.93. The summed E-state index contributed by atoms with van der Waals surface area (Å²) in [5.41, 5.74) is 0.462. The van der Waals surface area contributed by atoms with Crippen LogP contribution in [0.5, 0.6) is 0 Å². The molecule has 0 N–H and O–H groups in total. The molecule has 17 heavy (non-hydrogen) atoms. The summed E-state index contributed by atoms with van der Waals surface area (Å²) in [6, 6.07) is 1.04. The summed E-state index contributed by atoms with van der Waals surface area (Å²) >= 11 is 0. The van der Waals surface area contributed by atoms with Gasteiger partial charge in [0.15, 0.2) is 0 Å². The average molecular weight is 241 g/mol. The Hall–Kier alpha value is -0.830. The summed E-state index contributed by atoms with van der Waals surface area (Å²) in [5, 5.41) is 0. The predicted octanol–water partition coefficient (Wildman–Crippen LogP) is 3.00. The topological polar surface area (TPSA) is 29.5 Å². The predicted molar refractivity (Wildman–Crippen MR) is 72.0 cm³/mol. The number of rotatable bonds is 8. The van der Waals surface area contributed by atoms with Gasteiger partial charge in [0.25, 0.3) is 0 Å². The molecule has 0 aliphatic carbocycles. The Kier molecular flexibility index (Phi) is 7.88. The molecule has 0 saturated heterocycles. The molecule has 0 heterocycles. The molecule has 0 spiro atoms. The van der Waals surface area contributed by atoms with Gasteiger partial charge in [-0.15, -0.1) is 0 Å². The van der Waals surface area contributed by atoms with Crippen molar-refractivity contribution in [1.82, 2.24) is 4.90 Å². The van der Waals surface area contributed by atoms with E-state index < -0.39 is 0 Å². The normalized spacial score (nSPS) is 14.5.